The van der Waals surface area contributed by atoms with Crippen LogP contribution in [0.4, 0.5) is 0 Å². The van der Waals surface area contributed by atoms with Gasteiger partial charge >= 0.3 is 0 Å². The largest absolute Gasteiger partial charge is 0.317 e. The first kappa shape index (κ1) is 14.1. The predicted molar refractivity (Wildman–Crippen MR) is 78.3 cm³/mol. The molecule has 0 aliphatic heterocycles. The van der Waals surface area contributed by atoms with E-state index in [4.69, 9.17) is 11.6 Å². The van der Waals surface area contributed by atoms with Crippen LogP contribution in [-0.4, -0.2) is 14.8 Å². The van der Waals surface area contributed by atoms with Crippen molar-refractivity contribution in [2.45, 2.75) is 32.1 Å². The van der Waals surface area contributed by atoms with E-state index in [1.165, 1.54) is 5.56 Å². The van der Waals surface area contributed by atoms with E-state index in [0.29, 0.717) is 11.8 Å². The second kappa shape index (κ2) is 6.20. The van der Waals surface area contributed by atoms with E-state index in [9.17, 15) is 0 Å². The summed E-state index contributed by atoms with van der Waals surface area (Å²) in [6.07, 6.45) is 1.10. The number of aromatic nitrogens is 3. The molecule has 102 valence electrons. The molecule has 0 amide bonds. The lowest BCUT2D eigenvalue weighted by Crippen LogP contribution is -2.16. The Hall–Kier alpha value is -1.35. The molecule has 1 aromatic heterocycles. The van der Waals surface area contributed by atoms with Crippen molar-refractivity contribution in [2.75, 3.05) is 0 Å². The number of rotatable bonds is 5. The Morgan fingerprint density at radius 2 is 1.89 bits per heavy atom. The van der Waals surface area contributed by atoms with Crippen LogP contribution in [0.2, 0.25) is 0 Å². The summed E-state index contributed by atoms with van der Waals surface area (Å²) in [6, 6.07) is 10.5. The molecule has 0 N–H and O–H groups in total. The fourth-order valence-corrected chi connectivity index (χ4v) is 2.62. The molecule has 0 aliphatic carbocycles. The van der Waals surface area contributed by atoms with Crippen LogP contribution in [0, 0.1) is 5.92 Å². The van der Waals surface area contributed by atoms with E-state index in [0.717, 1.165) is 18.1 Å². The van der Waals surface area contributed by atoms with Crippen LogP contribution in [0.15, 0.2) is 30.3 Å². The van der Waals surface area contributed by atoms with Gasteiger partial charge in [0, 0.05) is 13.0 Å². The molecule has 2 aromatic rings. The highest BCUT2D eigenvalue weighted by molar-refractivity contribution is 6.16. The van der Waals surface area contributed by atoms with Gasteiger partial charge in [0.25, 0.3) is 0 Å². The van der Waals surface area contributed by atoms with Gasteiger partial charge in [-0.25, -0.2) is 0 Å². The summed E-state index contributed by atoms with van der Waals surface area (Å²) in [7, 11) is 1.99. The highest BCUT2D eigenvalue weighted by atomic mass is 35.5. The second-order valence-electron chi connectivity index (χ2n) is 4.94. The third kappa shape index (κ3) is 2.81. The lowest BCUT2D eigenvalue weighted by molar-refractivity contribution is 0.467. The Labute approximate surface area is 119 Å². The number of hydrogen-bond donors (Lipinski definition) is 0. The Balaban J connectivity index is 2.46. The van der Waals surface area contributed by atoms with Gasteiger partial charge in [0.15, 0.2) is 0 Å². The molecular weight excluding hydrogens is 258 g/mol. The molecule has 3 nitrogen and oxygen atoms in total. The van der Waals surface area contributed by atoms with E-state index in [-0.39, 0.29) is 5.92 Å². The molecule has 0 bridgehead atoms. The molecule has 0 fully saturated rings. The minimum atomic E-state index is 0.265. The second-order valence-corrected chi connectivity index (χ2v) is 5.21. The van der Waals surface area contributed by atoms with Crippen molar-refractivity contribution < 1.29 is 0 Å². The number of benzene rings is 1. The summed E-state index contributed by atoms with van der Waals surface area (Å²) >= 11 is 5.89. The van der Waals surface area contributed by atoms with Crippen molar-refractivity contribution in [1.29, 1.82) is 0 Å². The quantitative estimate of drug-likeness (QED) is 0.780. The van der Waals surface area contributed by atoms with E-state index in [1.807, 2.05) is 17.7 Å². The average molecular weight is 278 g/mol. The zero-order valence-electron chi connectivity index (χ0n) is 11.7. The highest BCUT2D eigenvalue weighted by Crippen LogP contribution is 2.32. The molecule has 0 saturated carbocycles. The van der Waals surface area contributed by atoms with Crippen LogP contribution in [0.1, 0.15) is 43.4 Å². The van der Waals surface area contributed by atoms with Gasteiger partial charge < -0.3 is 4.57 Å². The molecule has 19 heavy (non-hydrogen) atoms. The SMILES string of the molecule is CCC(C)C(c1ccccc1)c1nnc(CCl)n1C. The lowest BCUT2D eigenvalue weighted by atomic mass is 9.85. The van der Waals surface area contributed by atoms with Crippen molar-refractivity contribution >= 4 is 11.6 Å². The fraction of sp³-hybridized carbons (Fsp3) is 0.467. The lowest BCUT2D eigenvalue weighted by Gasteiger charge is -2.22. The summed E-state index contributed by atoms with van der Waals surface area (Å²) in [5.74, 6) is 2.98. The third-order valence-corrected chi connectivity index (χ3v) is 4.01. The molecule has 0 radical (unpaired) electrons. The molecule has 0 saturated heterocycles. The molecule has 2 atom stereocenters. The Morgan fingerprint density at radius 1 is 1.21 bits per heavy atom. The maximum absolute atomic E-state index is 5.89. The van der Waals surface area contributed by atoms with Gasteiger partial charge in [0.1, 0.15) is 11.6 Å². The Bertz CT molecular complexity index is 521. The first-order valence-corrected chi connectivity index (χ1v) is 7.21. The number of nitrogens with zero attached hydrogens (tertiary/aromatic N) is 3. The Morgan fingerprint density at radius 3 is 2.42 bits per heavy atom. The normalized spacial score (nSPS) is 14.3. The van der Waals surface area contributed by atoms with E-state index in [2.05, 4.69) is 48.3 Å². The topological polar surface area (TPSA) is 30.7 Å². The highest BCUT2D eigenvalue weighted by Gasteiger charge is 2.25. The van der Waals surface area contributed by atoms with Crippen molar-refractivity contribution in [3.63, 3.8) is 0 Å². The van der Waals surface area contributed by atoms with E-state index in [1.54, 1.807) is 0 Å². The van der Waals surface area contributed by atoms with Crippen molar-refractivity contribution in [2.24, 2.45) is 13.0 Å². The first-order valence-electron chi connectivity index (χ1n) is 6.68. The van der Waals surface area contributed by atoms with Gasteiger partial charge in [-0.15, -0.1) is 21.8 Å². The zero-order valence-corrected chi connectivity index (χ0v) is 12.4. The fourth-order valence-electron chi connectivity index (χ4n) is 2.39. The van der Waals surface area contributed by atoms with Crippen molar-refractivity contribution in [1.82, 2.24) is 14.8 Å². The summed E-state index contributed by atoms with van der Waals surface area (Å²) in [5.41, 5.74) is 1.29. The van der Waals surface area contributed by atoms with Crippen LogP contribution in [-0.2, 0) is 12.9 Å². The van der Waals surface area contributed by atoms with Crippen LogP contribution < -0.4 is 0 Å². The predicted octanol–water partition coefficient (Wildman–Crippen LogP) is 3.73. The maximum Gasteiger partial charge on any atom is 0.147 e. The molecule has 2 rings (SSSR count). The molecular formula is C15H20ClN3. The van der Waals surface area contributed by atoms with E-state index < -0.39 is 0 Å². The average Bonchev–Trinajstić information content (AvgIpc) is 2.81. The van der Waals surface area contributed by atoms with Crippen LogP contribution in [0.5, 0.6) is 0 Å². The van der Waals surface area contributed by atoms with Crippen molar-refractivity contribution in [3.8, 4) is 0 Å². The maximum atomic E-state index is 5.89. The minimum absolute atomic E-state index is 0.265. The standard InChI is InChI=1S/C15H20ClN3/c1-4-11(2)14(12-8-6-5-7-9-12)15-18-17-13(10-16)19(15)3/h5-9,11,14H,4,10H2,1-3H3. The summed E-state index contributed by atoms with van der Waals surface area (Å²) in [5, 5.41) is 8.54. The van der Waals surface area contributed by atoms with Crippen LogP contribution in [0.25, 0.3) is 0 Å². The van der Waals surface area contributed by atoms with E-state index >= 15 is 0 Å². The summed E-state index contributed by atoms with van der Waals surface area (Å²) < 4.78 is 2.02. The number of hydrogen-bond acceptors (Lipinski definition) is 2. The van der Waals surface area contributed by atoms with Gasteiger partial charge in [0.05, 0.1) is 5.88 Å². The molecule has 2 unspecified atom stereocenters. The summed E-state index contributed by atoms with van der Waals surface area (Å²) in [4.78, 5) is 0. The van der Waals surface area contributed by atoms with Crippen molar-refractivity contribution in [3.05, 3.63) is 47.5 Å². The summed E-state index contributed by atoms with van der Waals surface area (Å²) in [6.45, 7) is 4.46. The smallest absolute Gasteiger partial charge is 0.147 e. The molecule has 4 heteroatoms. The number of alkyl halides is 1. The molecule has 0 aliphatic rings. The minimum Gasteiger partial charge on any atom is -0.317 e. The van der Waals surface area contributed by atoms with Gasteiger partial charge in [-0.2, -0.15) is 0 Å². The molecule has 0 spiro atoms. The van der Waals surface area contributed by atoms with Gasteiger partial charge in [-0.05, 0) is 11.5 Å². The monoisotopic (exact) mass is 277 g/mol. The van der Waals surface area contributed by atoms with Gasteiger partial charge in [0.2, 0.25) is 0 Å². The van der Waals surface area contributed by atoms with Crippen LogP contribution in [0.3, 0.4) is 0 Å². The van der Waals surface area contributed by atoms with Gasteiger partial charge in [-0.1, -0.05) is 50.6 Å². The zero-order chi connectivity index (χ0) is 13.8. The third-order valence-electron chi connectivity index (χ3n) is 3.77. The molecule has 1 aromatic carbocycles. The van der Waals surface area contributed by atoms with Gasteiger partial charge in [-0.3, -0.25) is 0 Å². The first-order chi connectivity index (χ1) is 9.19. The number of halogens is 1. The van der Waals surface area contributed by atoms with Crippen LogP contribution >= 0.6 is 11.6 Å². The molecule has 1 heterocycles. The Kier molecular flexibility index (Phi) is 4.59.